The molecule has 5 nitrogen and oxygen atoms in total. The van der Waals surface area contributed by atoms with Crippen LogP contribution in [0.25, 0.3) is 0 Å². The smallest absolute Gasteiger partial charge is 0.126 e. The van der Waals surface area contributed by atoms with Gasteiger partial charge in [-0.2, -0.15) is 0 Å². The first-order valence-corrected chi connectivity index (χ1v) is 17.2. The molecule has 0 heterocycles. The van der Waals surface area contributed by atoms with Gasteiger partial charge in [0.05, 0.1) is 54.5 Å². The molecule has 0 bridgehead atoms. The highest BCUT2D eigenvalue weighted by atomic mass is 16.5. The Balaban J connectivity index is 3.80. The van der Waals surface area contributed by atoms with Crippen molar-refractivity contribution in [1.82, 2.24) is 0 Å². The fraction of sp³-hybridized carbons (Fsp3) is 1.00. The molecule has 0 spiro atoms. The molecule has 0 aliphatic rings. The average Bonchev–Trinajstić information content (AvgIpc) is 2.85. The summed E-state index contributed by atoms with van der Waals surface area (Å²) < 4.78 is 7.39. The molecule has 0 aromatic heterocycles. The molecule has 0 amide bonds. The lowest BCUT2D eigenvalue weighted by Crippen LogP contribution is -2.48. The molecular weight excluding hydrogens is 484 g/mol. The fourth-order valence-electron chi connectivity index (χ4n) is 5.82. The maximum absolute atomic E-state index is 10.5. The van der Waals surface area contributed by atoms with Crippen molar-refractivity contribution in [1.29, 1.82) is 0 Å². The summed E-state index contributed by atoms with van der Waals surface area (Å²) in [5, 5.41) is 21.0. The number of ether oxygens (including phenoxy) is 1. The van der Waals surface area contributed by atoms with Crippen molar-refractivity contribution in [3.63, 3.8) is 0 Å². The zero-order chi connectivity index (χ0) is 29.2. The van der Waals surface area contributed by atoms with Crippen LogP contribution < -0.4 is 0 Å². The monoisotopic (exact) mass is 559 g/mol. The van der Waals surface area contributed by atoms with Crippen LogP contribution in [0.15, 0.2) is 0 Å². The van der Waals surface area contributed by atoms with Gasteiger partial charge in [0.15, 0.2) is 0 Å². The lowest BCUT2D eigenvalue weighted by atomic mass is 10.1. The summed E-state index contributed by atoms with van der Waals surface area (Å²) in [5.74, 6) is 0. The SMILES string of the molecule is CCCCCCCCCCCC[N+](C)(C)CC(O)COCC(O)C[N+](C)(C)CCCCCCCCCCCC. The minimum Gasteiger partial charge on any atom is -0.385 e. The first-order chi connectivity index (χ1) is 18.6. The van der Waals surface area contributed by atoms with Gasteiger partial charge in [-0.3, -0.25) is 0 Å². The van der Waals surface area contributed by atoms with E-state index in [1.165, 1.54) is 128 Å². The average molecular weight is 559 g/mol. The topological polar surface area (TPSA) is 49.7 Å². The molecular formula is C34H74N2O3+2. The van der Waals surface area contributed by atoms with Gasteiger partial charge in [0.25, 0.3) is 0 Å². The Hall–Kier alpha value is -0.200. The number of likely N-dealkylation sites (N-methyl/N-ethyl adjacent to an activating group) is 2. The summed E-state index contributed by atoms with van der Waals surface area (Å²) in [4.78, 5) is 0. The van der Waals surface area contributed by atoms with Crippen molar-refractivity contribution in [3.05, 3.63) is 0 Å². The minimum atomic E-state index is -0.482. The molecule has 2 unspecified atom stereocenters. The van der Waals surface area contributed by atoms with Crippen LogP contribution >= 0.6 is 0 Å². The minimum absolute atomic E-state index is 0.308. The maximum Gasteiger partial charge on any atom is 0.126 e. The second-order valence-corrected chi connectivity index (χ2v) is 13.9. The zero-order valence-electron chi connectivity index (χ0n) is 27.7. The lowest BCUT2D eigenvalue weighted by Gasteiger charge is -2.33. The number of aliphatic hydroxyl groups excluding tert-OH is 2. The van der Waals surface area contributed by atoms with Crippen LogP contribution in [0.1, 0.15) is 142 Å². The molecule has 0 saturated heterocycles. The third kappa shape index (κ3) is 27.7. The third-order valence-corrected chi connectivity index (χ3v) is 8.26. The molecule has 236 valence electrons. The van der Waals surface area contributed by atoms with Crippen molar-refractivity contribution < 1.29 is 23.9 Å². The first-order valence-electron chi connectivity index (χ1n) is 17.2. The summed E-state index contributed by atoms with van der Waals surface area (Å²) in [6.45, 7) is 8.77. The highest BCUT2D eigenvalue weighted by Gasteiger charge is 2.23. The summed E-state index contributed by atoms with van der Waals surface area (Å²) in [6, 6.07) is 0. The van der Waals surface area contributed by atoms with E-state index < -0.39 is 12.2 Å². The van der Waals surface area contributed by atoms with Gasteiger partial charge in [-0.25, -0.2) is 0 Å². The first kappa shape index (κ1) is 38.8. The van der Waals surface area contributed by atoms with E-state index in [0.717, 1.165) is 22.1 Å². The van der Waals surface area contributed by atoms with Crippen LogP contribution in [-0.2, 0) is 4.74 Å². The van der Waals surface area contributed by atoms with E-state index in [1.54, 1.807) is 0 Å². The Kier molecular flexibility index (Phi) is 25.4. The Labute approximate surface area is 245 Å². The number of rotatable bonds is 30. The van der Waals surface area contributed by atoms with Gasteiger partial charge in [0.2, 0.25) is 0 Å². The number of quaternary nitrogens is 2. The molecule has 5 heteroatoms. The Morgan fingerprint density at radius 1 is 0.436 bits per heavy atom. The Morgan fingerprint density at radius 3 is 0.974 bits per heavy atom. The quantitative estimate of drug-likeness (QED) is 0.0701. The second-order valence-electron chi connectivity index (χ2n) is 13.9. The number of hydrogen-bond acceptors (Lipinski definition) is 3. The predicted molar refractivity (Wildman–Crippen MR) is 170 cm³/mol. The highest BCUT2D eigenvalue weighted by molar-refractivity contribution is 4.57. The second kappa shape index (κ2) is 25.5. The molecule has 0 aliphatic heterocycles. The normalized spacial score (nSPS) is 14.2. The van der Waals surface area contributed by atoms with E-state index in [9.17, 15) is 10.2 Å². The predicted octanol–water partition coefficient (Wildman–Crippen LogP) is 7.72. The van der Waals surface area contributed by atoms with Gasteiger partial charge < -0.3 is 23.9 Å². The molecule has 2 N–H and O–H groups in total. The summed E-state index contributed by atoms with van der Waals surface area (Å²) in [5.41, 5.74) is 0. The van der Waals surface area contributed by atoms with Gasteiger partial charge in [-0.15, -0.1) is 0 Å². The van der Waals surface area contributed by atoms with Gasteiger partial charge in [-0.1, -0.05) is 117 Å². The van der Waals surface area contributed by atoms with E-state index >= 15 is 0 Å². The molecule has 0 aromatic carbocycles. The van der Waals surface area contributed by atoms with Crippen molar-refractivity contribution in [2.24, 2.45) is 0 Å². The lowest BCUT2D eigenvalue weighted by molar-refractivity contribution is -0.894. The number of nitrogens with zero attached hydrogens (tertiary/aromatic N) is 2. The van der Waals surface area contributed by atoms with Gasteiger partial charge in [-0.05, 0) is 25.7 Å². The summed E-state index contributed by atoms with van der Waals surface area (Å²) >= 11 is 0. The number of unbranched alkanes of at least 4 members (excludes halogenated alkanes) is 18. The molecule has 0 fully saturated rings. The number of hydrogen-bond donors (Lipinski definition) is 2. The standard InChI is InChI=1S/C34H74N2O3/c1-7-9-11-13-15-17-19-21-23-25-27-35(3,4)29-33(37)31-39-32-34(38)30-36(5,6)28-26-24-22-20-18-16-14-12-10-8-2/h33-34,37-38H,7-32H2,1-6H3/q+2. The van der Waals surface area contributed by atoms with E-state index in [4.69, 9.17) is 4.74 Å². The molecule has 2 atom stereocenters. The van der Waals surface area contributed by atoms with Gasteiger partial charge >= 0.3 is 0 Å². The number of aliphatic hydroxyl groups is 2. The van der Waals surface area contributed by atoms with Crippen molar-refractivity contribution in [2.45, 2.75) is 154 Å². The molecule has 0 rings (SSSR count). The molecule has 0 aliphatic carbocycles. The summed E-state index contributed by atoms with van der Waals surface area (Å²) in [7, 11) is 8.83. The Bertz CT molecular complexity index is 469. The van der Waals surface area contributed by atoms with Crippen LogP contribution in [0.4, 0.5) is 0 Å². The van der Waals surface area contributed by atoms with Crippen LogP contribution in [0.2, 0.25) is 0 Å². The Morgan fingerprint density at radius 2 is 0.692 bits per heavy atom. The van der Waals surface area contributed by atoms with Crippen LogP contribution in [0, 0.1) is 0 Å². The fourth-order valence-corrected chi connectivity index (χ4v) is 5.82. The molecule has 0 radical (unpaired) electrons. The van der Waals surface area contributed by atoms with E-state index in [0.29, 0.717) is 26.3 Å². The molecule has 39 heavy (non-hydrogen) atoms. The van der Waals surface area contributed by atoms with Crippen molar-refractivity contribution >= 4 is 0 Å². The van der Waals surface area contributed by atoms with Crippen LogP contribution in [0.3, 0.4) is 0 Å². The zero-order valence-corrected chi connectivity index (χ0v) is 27.7. The van der Waals surface area contributed by atoms with E-state index in [2.05, 4.69) is 42.0 Å². The van der Waals surface area contributed by atoms with Crippen LogP contribution in [0.5, 0.6) is 0 Å². The van der Waals surface area contributed by atoms with Gasteiger partial charge in [0, 0.05) is 0 Å². The summed E-state index contributed by atoms with van der Waals surface area (Å²) in [6.07, 6.45) is 26.1. The third-order valence-electron chi connectivity index (χ3n) is 8.26. The van der Waals surface area contributed by atoms with Crippen molar-refractivity contribution in [2.75, 3.05) is 67.6 Å². The molecule has 0 aromatic rings. The largest absolute Gasteiger partial charge is 0.385 e. The van der Waals surface area contributed by atoms with E-state index in [1.807, 2.05) is 0 Å². The molecule has 0 saturated carbocycles. The maximum atomic E-state index is 10.5. The van der Waals surface area contributed by atoms with Gasteiger partial charge in [0.1, 0.15) is 25.3 Å². The van der Waals surface area contributed by atoms with Crippen molar-refractivity contribution in [3.8, 4) is 0 Å². The highest BCUT2D eigenvalue weighted by Crippen LogP contribution is 2.14. The van der Waals surface area contributed by atoms with E-state index in [-0.39, 0.29) is 0 Å². The van der Waals surface area contributed by atoms with Crippen LogP contribution in [-0.4, -0.2) is 99.0 Å².